The molecule has 0 bridgehead atoms. The van der Waals surface area contributed by atoms with E-state index in [1.807, 2.05) is 18.2 Å². The average molecular weight is 359 g/mol. The smallest absolute Gasteiger partial charge is 0.321 e. The standard InChI is InChI=1S/C19H22FN3O3/c1-25-12-13-10-23(11-15(13)17-5-3-4-8-21-17)19(24)22-14-6-7-18(26-2)16(20)9-14/h3-9,13,15H,10-12H2,1-2H3,(H,22,24)/t13-,15+/m0/s1. The van der Waals surface area contributed by atoms with E-state index in [9.17, 15) is 9.18 Å². The Morgan fingerprint density at radius 1 is 1.31 bits per heavy atom. The van der Waals surface area contributed by atoms with Crippen molar-refractivity contribution in [2.75, 3.05) is 39.2 Å². The van der Waals surface area contributed by atoms with Crippen LogP contribution < -0.4 is 10.1 Å². The van der Waals surface area contributed by atoms with Gasteiger partial charge in [0.25, 0.3) is 0 Å². The first-order chi connectivity index (χ1) is 12.6. The van der Waals surface area contributed by atoms with Crippen LogP contribution in [0.15, 0.2) is 42.6 Å². The van der Waals surface area contributed by atoms with Gasteiger partial charge in [0.15, 0.2) is 11.6 Å². The molecule has 1 aromatic carbocycles. The minimum absolute atomic E-state index is 0.106. The van der Waals surface area contributed by atoms with Gasteiger partial charge in [-0.2, -0.15) is 0 Å². The Labute approximate surface area is 151 Å². The van der Waals surface area contributed by atoms with Crippen molar-refractivity contribution in [1.82, 2.24) is 9.88 Å². The first-order valence-electron chi connectivity index (χ1n) is 8.41. The number of aromatic nitrogens is 1. The lowest BCUT2D eigenvalue weighted by Crippen LogP contribution is -2.33. The van der Waals surface area contributed by atoms with Gasteiger partial charge in [0, 0.05) is 55.7 Å². The summed E-state index contributed by atoms with van der Waals surface area (Å²) in [5.41, 5.74) is 1.33. The molecule has 3 rings (SSSR count). The summed E-state index contributed by atoms with van der Waals surface area (Å²) in [7, 11) is 3.05. The zero-order chi connectivity index (χ0) is 18.5. The Kier molecular flexibility index (Phi) is 5.68. The zero-order valence-corrected chi connectivity index (χ0v) is 14.8. The van der Waals surface area contributed by atoms with Crippen LogP contribution in [-0.4, -0.2) is 49.8 Å². The molecule has 2 aromatic rings. The summed E-state index contributed by atoms with van der Waals surface area (Å²) in [6, 6.07) is 9.84. The number of hydrogen-bond acceptors (Lipinski definition) is 4. The molecule has 0 spiro atoms. The lowest BCUT2D eigenvalue weighted by Gasteiger charge is -2.17. The van der Waals surface area contributed by atoms with Crippen molar-refractivity contribution in [3.05, 3.63) is 54.1 Å². The highest BCUT2D eigenvalue weighted by Crippen LogP contribution is 2.32. The van der Waals surface area contributed by atoms with Gasteiger partial charge >= 0.3 is 6.03 Å². The maximum absolute atomic E-state index is 13.8. The molecule has 2 atom stereocenters. The number of anilines is 1. The Morgan fingerprint density at radius 2 is 2.15 bits per heavy atom. The molecule has 1 aliphatic heterocycles. The van der Waals surface area contributed by atoms with E-state index in [-0.39, 0.29) is 23.6 Å². The topological polar surface area (TPSA) is 63.7 Å². The number of urea groups is 1. The fraction of sp³-hybridized carbons (Fsp3) is 0.368. The van der Waals surface area contributed by atoms with E-state index in [2.05, 4.69) is 10.3 Å². The van der Waals surface area contributed by atoms with Gasteiger partial charge in [0.2, 0.25) is 0 Å². The highest BCUT2D eigenvalue weighted by atomic mass is 19.1. The summed E-state index contributed by atoms with van der Waals surface area (Å²) in [6.45, 7) is 1.64. The Hall–Kier alpha value is -2.67. The third kappa shape index (κ3) is 3.94. The molecule has 2 amide bonds. The normalized spacial score (nSPS) is 19.4. The lowest BCUT2D eigenvalue weighted by atomic mass is 9.93. The van der Waals surface area contributed by atoms with Crippen LogP contribution in [0.1, 0.15) is 11.6 Å². The van der Waals surface area contributed by atoms with Gasteiger partial charge in [-0.15, -0.1) is 0 Å². The second-order valence-corrected chi connectivity index (χ2v) is 6.26. The van der Waals surface area contributed by atoms with Gasteiger partial charge in [-0.05, 0) is 24.3 Å². The number of nitrogens with zero attached hydrogens (tertiary/aromatic N) is 2. The molecule has 0 aliphatic carbocycles. The number of benzene rings is 1. The molecule has 0 radical (unpaired) electrons. The fourth-order valence-corrected chi connectivity index (χ4v) is 3.30. The van der Waals surface area contributed by atoms with Crippen LogP contribution in [0.25, 0.3) is 0 Å². The van der Waals surface area contributed by atoms with Crippen molar-refractivity contribution < 1.29 is 18.7 Å². The van der Waals surface area contributed by atoms with E-state index in [1.165, 1.54) is 19.2 Å². The largest absolute Gasteiger partial charge is 0.494 e. The first kappa shape index (κ1) is 18.1. The van der Waals surface area contributed by atoms with Crippen LogP contribution in [0.4, 0.5) is 14.9 Å². The molecule has 2 heterocycles. The predicted octanol–water partition coefficient (Wildman–Crippen LogP) is 3.12. The maximum atomic E-state index is 13.8. The number of halogens is 1. The molecule has 6 nitrogen and oxygen atoms in total. The van der Waals surface area contributed by atoms with Crippen LogP contribution in [-0.2, 0) is 4.74 Å². The fourth-order valence-electron chi connectivity index (χ4n) is 3.30. The number of ether oxygens (including phenoxy) is 2. The minimum atomic E-state index is -0.518. The number of amides is 2. The second-order valence-electron chi connectivity index (χ2n) is 6.26. The van der Waals surface area contributed by atoms with E-state index in [0.29, 0.717) is 25.4 Å². The second kappa shape index (κ2) is 8.14. The minimum Gasteiger partial charge on any atom is -0.494 e. The number of methoxy groups -OCH3 is 2. The van der Waals surface area contributed by atoms with Crippen molar-refractivity contribution in [3.8, 4) is 5.75 Å². The summed E-state index contributed by atoms with van der Waals surface area (Å²) >= 11 is 0. The number of hydrogen-bond donors (Lipinski definition) is 1. The molecule has 1 saturated heterocycles. The van der Waals surface area contributed by atoms with E-state index in [1.54, 1.807) is 24.3 Å². The van der Waals surface area contributed by atoms with E-state index >= 15 is 0 Å². The Morgan fingerprint density at radius 3 is 2.81 bits per heavy atom. The molecular weight excluding hydrogens is 337 g/mol. The van der Waals surface area contributed by atoms with Crippen LogP contribution in [0.3, 0.4) is 0 Å². The molecule has 1 fully saturated rings. The molecule has 138 valence electrons. The number of carbonyl (C=O) groups is 1. The number of nitrogens with one attached hydrogen (secondary N) is 1. The number of likely N-dealkylation sites (tertiary alicyclic amines) is 1. The summed E-state index contributed by atoms with van der Waals surface area (Å²) in [5, 5.41) is 2.74. The van der Waals surface area contributed by atoms with Gasteiger partial charge in [-0.25, -0.2) is 9.18 Å². The quantitative estimate of drug-likeness (QED) is 0.891. The molecule has 1 aliphatic rings. The molecule has 1 aromatic heterocycles. The third-order valence-corrected chi connectivity index (χ3v) is 4.58. The van der Waals surface area contributed by atoms with Gasteiger partial charge in [-0.1, -0.05) is 6.07 Å². The summed E-state index contributed by atoms with van der Waals surface area (Å²) in [4.78, 5) is 18.7. The van der Waals surface area contributed by atoms with Crippen LogP contribution >= 0.6 is 0 Å². The highest BCUT2D eigenvalue weighted by molar-refractivity contribution is 5.89. The van der Waals surface area contributed by atoms with Gasteiger partial charge < -0.3 is 19.7 Å². The number of pyridine rings is 1. The van der Waals surface area contributed by atoms with Crippen LogP contribution in [0.2, 0.25) is 0 Å². The van der Waals surface area contributed by atoms with E-state index in [4.69, 9.17) is 9.47 Å². The highest BCUT2D eigenvalue weighted by Gasteiger charge is 2.36. The van der Waals surface area contributed by atoms with Crippen molar-refractivity contribution >= 4 is 11.7 Å². The molecular formula is C19H22FN3O3. The average Bonchev–Trinajstić information content (AvgIpc) is 3.07. The SMILES string of the molecule is COC[C@@H]1CN(C(=O)Nc2ccc(OC)c(F)c2)C[C@H]1c1ccccn1. The first-order valence-corrected chi connectivity index (χ1v) is 8.41. The van der Waals surface area contributed by atoms with Crippen molar-refractivity contribution in [2.45, 2.75) is 5.92 Å². The van der Waals surface area contributed by atoms with Crippen LogP contribution in [0, 0.1) is 11.7 Å². The van der Waals surface area contributed by atoms with Crippen molar-refractivity contribution in [1.29, 1.82) is 0 Å². The third-order valence-electron chi connectivity index (χ3n) is 4.58. The maximum Gasteiger partial charge on any atom is 0.321 e. The van der Waals surface area contributed by atoms with E-state index < -0.39 is 5.82 Å². The number of carbonyl (C=O) groups excluding carboxylic acids is 1. The van der Waals surface area contributed by atoms with Crippen molar-refractivity contribution in [3.63, 3.8) is 0 Å². The summed E-state index contributed by atoms with van der Waals surface area (Å²) in [6.07, 6.45) is 1.75. The molecule has 7 heteroatoms. The molecule has 26 heavy (non-hydrogen) atoms. The van der Waals surface area contributed by atoms with Crippen molar-refractivity contribution in [2.24, 2.45) is 5.92 Å². The van der Waals surface area contributed by atoms with E-state index in [0.717, 1.165) is 5.69 Å². The number of rotatable bonds is 5. The molecule has 1 N–H and O–H groups in total. The molecule has 0 unspecified atom stereocenters. The Bertz CT molecular complexity index is 757. The summed E-state index contributed by atoms with van der Waals surface area (Å²) < 4.78 is 24.0. The van der Waals surface area contributed by atoms with Gasteiger partial charge in [0.05, 0.1) is 13.7 Å². The zero-order valence-electron chi connectivity index (χ0n) is 14.8. The monoisotopic (exact) mass is 359 g/mol. The predicted molar refractivity (Wildman–Crippen MR) is 95.9 cm³/mol. The lowest BCUT2D eigenvalue weighted by molar-refractivity contribution is 0.148. The van der Waals surface area contributed by atoms with Crippen LogP contribution in [0.5, 0.6) is 5.75 Å². The Balaban J connectivity index is 1.70. The van der Waals surface area contributed by atoms with Gasteiger partial charge in [-0.3, -0.25) is 4.98 Å². The summed E-state index contributed by atoms with van der Waals surface area (Å²) in [5.74, 6) is -0.113. The molecule has 0 saturated carbocycles. The van der Waals surface area contributed by atoms with Gasteiger partial charge in [0.1, 0.15) is 0 Å².